The number of ether oxygens (including phenoxy) is 1. The fourth-order valence-corrected chi connectivity index (χ4v) is 2.25. The van der Waals surface area contributed by atoms with Gasteiger partial charge in [-0.05, 0) is 25.0 Å². The van der Waals surface area contributed by atoms with Crippen LogP contribution in [-0.4, -0.2) is 53.6 Å². The van der Waals surface area contributed by atoms with Crippen molar-refractivity contribution in [2.45, 2.75) is 25.0 Å². The van der Waals surface area contributed by atoms with Gasteiger partial charge in [-0.25, -0.2) is 0 Å². The normalized spacial score (nSPS) is 19.3. The third-order valence-electron chi connectivity index (χ3n) is 3.38. The molecule has 106 valence electrons. The highest BCUT2D eigenvalue weighted by atomic mass is 16.5. The number of hydrogen-bond acceptors (Lipinski definition) is 5. The molecule has 4 N–H and O–H groups in total. The first kappa shape index (κ1) is 14.1. The van der Waals surface area contributed by atoms with Gasteiger partial charge in [0.2, 0.25) is 0 Å². The standard InChI is InChI=1S/C14H22N2O3/c15-13-3-1-2-4-14(13)19-10-12(18)9-16-7-5-11(17)6-8-16/h1-4,11-12,17-18H,5-10,15H2. The lowest BCUT2D eigenvalue weighted by molar-refractivity contribution is 0.0339. The number of anilines is 1. The molecule has 1 fully saturated rings. The van der Waals surface area contributed by atoms with E-state index in [9.17, 15) is 10.2 Å². The first-order valence-corrected chi connectivity index (χ1v) is 6.71. The Hall–Kier alpha value is -1.30. The van der Waals surface area contributed by atoms with Crippen LogP contribution >= 0.6 is 0 Å². The van der Waals surface area contributed by atoms with E-state index in [1.165, 1.54) is 0 Å². The van der Waals surface area contributed by atoms with Crippen molar-refractivity contribution in [3.05, 3.63) is 24.3 Å². The lowest BCUT2D eigenvalue weighted by Gasteiger charge is -2.30. The predicted molar refractivity (Wildman–Crippen MR) is 74.0 cm³/mol. The summed E-state index contributed by atoms with van der Waals surface area (Å²) in [5.41, 5.74) is 6.34. The third-order valence-corrected chi connectivity index (χ3v) is 3.38. The Morgan fingerprint density at radius 3 is 2.68 bits per heavy atom. The summed E-state index contributed by atoms with van der Waals surface area (Å²) in [6.45, 7) is 2.45. The number of piperidine rings is 1. The highest BCUT2D eigenvalue weighted by Gasteiger charge is 2.19. The highest BCUT2D eigenvalue weighted by molar-refractivity contribution is 5.51. The molecule has 1 heterocycles. The molecular formula is C14H22N2O3. The molecule has 1 unspecified atom stereocenters. The topological polar surface area (TPSA) is 79.0 Å². The van der Waals surface area contributed by atoms with Crippen LogP contribution in [0.5, 0.6) is 5.75 Å². The summed E-state index contributed by atoms with van der Waals surface area (Å²) in [7, 11) is 0. The third kappa shape index (κ3) is 4.38. The lowest BCUT2D eigenvalue weighted by atomic mass is 10.1. The summed E-state index contributed by atoms with van der Waals surface area (Å²) < 4.78 is 5.51. The Labute approximate surface area is 113 Å². The molecule has 1 atom stereocenters. The summed E-state index contributed by atoms with van der Waals surface area (Å²) in [5.74, 6) is 0.607. The second-order valence-corrected chi connectivity index (χ2v) is 5.03. The molecule has 0 bridgehead atoms. The van der Waals surface area contributed by atoms with Gasteiger partial charge in [-0.1, -0.05) is 12.1 Å². The van der Waals surface area contributed by atoms with Crippen LogP contribution in [0.1, 0.15) is 12.8 Å². The molecule has 1 aliphatic heterocycles. The number of nitrogens with zero attached hydrogens (tertiary/aromatic N) is 1. The maximum Gasteiger partial charge on any atom is 0.142 e. The van der Waals surface area contributed by atoms with Crippen molar-refractivity contribution in [3.8, 4) is 5.75 Å². The number of likely N-dealkylation sites (tertiary alicyclic amines) is 1. The molecule has 5 heteroatoms. The molecule has 1 saturated heterocycles. The Balaban J connectivity index is 1.73. The Morgan fingerprint density at radius 1 is 1.32 bits per heavy atom. The van der Waals surface area contributed by atoms with Gasteiger partial charge < -0.3 is 25.6 Å². The second-order valence-electron chi connectivity index (χ2n) is 5.03. The Kier molecular flexibility index (Phi) is 5.01. The molecule has 5 nitrogen and oxygen atoms in total. The minimum atomic E-state index is -0.546. The van der Waals surface area contributed by atoms with Crippen LogP contribution in [0.15, 0.2) is 24.3 Å². The molecule has 1 aromatic carbocycles. The number of benzene rings is 1. The molecule has 2 rings (SSSR count). The van der Waals surface area contributed by atoms with Crippen molar-refractivity contribution in [2.24, 2.45) is 0 Å². The maximum absolute atomic E-state index is 9.95. The predicted octanol–water partition coefficient (Wildman–Crippen LogP) is 0.465. The van der Waals surface area contributed by atoms with Crippen molar-refractivity contribution in [3.63, 3.8) is 0 Å². The largest absolute Gasteiger partial charge is 0.489 e. The molecule has 0 aromatic heterocycles. The van der Waals surface area contributed by atoms with E-state index in [1.807, 2.05) is 12.1 Å². The molecule has 0 radical (unpaired) electrons. The molecule has 19 heavy (non-hydrogen) atoms. The van der Waals surface area contributed by atoms with Crippen LogP contribution in [0.3, 0.4) is 0 Å². The number of aliphatic hydroxyl groups excluding tert-OH is 2. The summed E-state index contributed by atoms with van der Waals surface area (Å²) in [5, 5.41) is 19.4. The van der Waals surface area contributed by atoms with Gasteiger partial charge in [0, 0.05) is 19.6 Å². The van der Waals surface area contributed by atoms with Crippen LogP contribution in [0.4, 0.5) is 5.69 Å². The molecule has 1 aromatic rings. The number of nitrogens with two attached hydrogens (primary N) is 1. The van der Waals surface area contributed by atoms with E-state index >= 15 is 0 Å². The Morgan fingerprint density at radius 2 is 2.00 bits per heavy atom. The second kappa shape index (κ2) is 6.75. The number of rotatable bonds is 5. The van der Waals surface area contributed by atoms with E-state index in [4.69, 9.17) is 10.5 Å². The summed E-state index contributed by atoms with van der Waals surface area (Å²) in [6.07, 6.45) is 0.821. The zero-order chi connectivity index (χ0) is 13.7. The van der Waals surface area contributed by atoms with Gasteiger partial charge in [-0.2, -0.15) is 0 Å². The van der Waals surface area contributed by atoms with Crippen molar-refractivity contribution in [1.29, 1.82) is 0 Å². The first-order chi connectivity index (χ1) is 9.15. The van der Waals surface area contributed by atoms with Crippen LogP contribution in [0.2, 0.25) is 0 Å². The summed E-state index contributed by atoms with van der Waals surface area (Å²) in [4.78, 5) is 2.15. The molecule has 0 saturated carbocycles. The van der Waals surface area contributed by atoms with Gasteiger partial charge in [0.15, 0.2) is 0 Å². The number of hydrogen-bond donors (Lipinski definition) is 3. The highest BCUT2D eigenvalue weighted by Crippen LogP contribution is 2.20. The van der Waals surface area contributed by atoms with E-state index in [-0.39, 0.29) is 12.7 Å². The SMILES string of the molecule is Nc1ccccc1OCC(O)CN1CCC(O)CC1. The number of para-hydroxylation sites is 2. The van der Waals surface area contributed by atoms with Gasteiger partial charge in [-0.3, -0.25) is 0 Å². The van der Waals surface area contributed by atoms with Crippen LogP contribution in [0.25, 0.3) is 0 Å². The number of β-amino-alcohol motifs (C(OH)–C–C–N with tert-alkyl or cyclic N) is 1. The minimum absolute atomic E-state index is 0.186. The first-order valence-electron chi connectivity index (χ1n) is 6.71. The van der Waals surface area contributed by atoms with Crippen LogP contribution < -0.4 is 10.5 Å². The fraction of sp³-hybridized carbons (Fsp3) is 0.571. The van der Waals surface area contributed by atoms with Crippen molar-refractivity contribution in [1.82, 2.24) is 4.90 Å². The quantitative estimate of drug-likeness (QED) is 0.675. The van der Waals surface area contributed by atoms with Gasteiger partial charge in [0.1, 0.15) is 18.5 Å². The zero-order valence-corrected chi connectivity index (χ0v) is 11.0. The van der Waals surface area contributed by atoms with E-state index in [2.05, 4.69) is 4.90 Å². The average molecular weight is 266 g/mol. The Bertz CT molecular complexity index is 392. The molecule has 1 aliphatic rings. The average Bonchev–Trinajstić information content (AvgIpc) is 2.40. The number of nitrogen functional groups attached to an aromatic ring is 1. The van der Waals surface area contributed by atoms with E-state index in [0.717, 1.165) is 25.9 Å². The number of aliphatic hydroxyl groups is 2. The van der Waals surface area contributed by atoms with E-state index in [0.29, 0.717) is 18.0 Å². The minimum Gasteiger partial charge on any atom is -0.489 e. The summed E-state index contributed by atoms with van der Waals surface area (Å²) >= 11 is 0. The van der Waals surface area contributed by atoms with Crippen LogP contribution in [-0.2, 0) is 0 Å². The zero-order valence-electron chi connectivity index (χ0n) is 11.0. The van der Waals surface area contributed by atoms with Crippen molar-refractivity contribution in [2.75, 3.05) is 32.0 Å². The van der Waals surface area contributed by atoms with E-state index in [1.54, 1.807) is 12.1 Å². The molecule has 0 aliphatic carbocycles. The molecule has 0 spiro atoms. The van der Waals surface area contributed by atoms with Crippen molar-refractivity contribution < 1.29 is 14.9 Å². The summed E-state index contributed by atoms with van der Waals surface area (Å²) in [6, 6.07) is 7.26. The molecular weight excluding hydrogens is 244 g/mol. The van der Waals surface area contributed by atoms with Crippen LogP contribution in [0, 0.1) is 0 Å². The van der Waals surface area contributed by atoms with Gasteiger partial charge in [-0.15, -0.1) is 0 Å². The lowest BCUT2D eigenvalue weighted by Crippen LogP contribution is -2.41. The monoisotopic (exact) mass is 266 g/mol. The van der Waals surface area contributed by atoms with Gasteiger partial charge in [0.25, 0.3) is 0 Å². The van der Waals surface area contributed by atoms with Gasteiger partial charge >= 0.3 is 0 Å². The van der Waals surface area contributed by atoms with E-state index < -0.39 is 6.10 Å². The smallest absolute Gasteiger partial charge is 0.142 e. The van der Waals surface area contributed by atoms with Gasteiger partial charge in [0.05, 0.1) is 11.8 Å². The van der Waals surface area contributed by atoms with Crippen molar-refractivity contribution >= 4 is 5.69 Å². The molecule has 0 amide bonds. The maximum atomic E-state index is 9.95. The fourth-order valence-electron chi connectivity index (χ4n) is 2.25.